The number of hydrogen-bond acceptors (Lipinski definition) is 7. The number of ether oxygens (including phenoxy) is 1. The van der Waals surface area contributed by atoms with Crippen LogP contribution in [0.4, 0.5) is 13.2 Å². The number of alkyl halides is 3. The van der Waals surface area contributed by atoms with Crippen molar-refractivity contribution in [2.45, 2.75) is 45.0 Å². The van der Waals surface area contributed by atoms with Crippen LogP contribution in [0.5, 0.6) is 6.01 Å². The molecule has 3 aromatic heterocycles. The lowest BCUT2D eigenvalue weighted by atomic mass is 9.99. The number of rotatable bonds is 4. The molecule has 32 heavy (non-hydrogen) atoms. The molecule has 1 aliphatic rings. The van der Waals surface area contributed by atoms with E-state index in [-0.39, 0.29) is 23.7 Å². The Labute approximate surface area is 181 Å². The molecule has 0 aromatic carbocycles. The zero-order valence-electron chi connectivity index (χ0n) is 17.3. The van der Waals surface area contributed by atoms with Crippen molar-refractivity contribution in [3.05, 3.63) is 53.9 Å². The van der Waals surface area contributed by atoms with Gasteiger partial charge in [-0.1, -0.05) is 0 Å². The summed E-state index contributed by atoms with van der Waals surface area (Å²) >= 11 is 0. The van der Waals surface area contributed by atoms with Crippen LogP contribution in [0.3, 0.4) is 0 Å². The lowest BCUT2D eigenvalue weighted by Crippen LogP contribution is -2.51. The van der Waals surface area contributed by atoms with Gasteiger partial charge in [0, 0.05) is 25.1 Å². The summed E-state index contributed by atoms with van der Waals surface area (Å²) in [6.07, 6.45) is 2.20. The number of hydrogen-bond donors (Lipinski definition) is 0. The fourth-order valence-corrected chi connectivity index (χ4v) is 3.56. The molecule has 1 fully saturated rings. The molecule has 0 bridgehead atoms. The van der Waals surface area contributed by atoms with Crippen molar-refractivity contribution < 1.29 is 22.7 Å². The van der Waals surface area contributed by atoms with Crippen LogP contribution in [0.25, 0.3) is 5.69 Å². The van der Waals surface area contributed by atoms with Gasteiger partial charge in [0.15, 0.2) is 5.69 Å². The minimum absolute atomic E-state index is 0.168. The Morgan fingerprint density at radius 3 is 2.47 bits per heavy atom. The lowest BCUT2D eigenvalue weighted by Gasteiger charge is -2.38. The minimum atomic E-state index is -4.53. The molecule has 168 valence electrons. The zero-order chi connectivity index (χ0) is 22.9. The molecule has 1 saturated heterocycles. The smallest absolute Gasteiger partial charge is 0.419 e. The second-order valence-corrected chi connectivity index (χ2v) is 7.49. The molecule has 1 aliphatic heterocycles. The predicted molar refractivity (Wildman–Crippen MR) is 105 cm³/mol. The lowest BCUT2D eigenvalue weighted by molar-refractivity contribution is -0.138. The maximum absolute atomic E-state index is 13.4. The highest BCUT2D eigenvalue weighted by Crippen LogP contribution is 2.29. The second kappa shape index (κ2) is 8.52. The van der Waals surface area contributed by atoms with E-state index in [1.165, 1.54) is 17.2 Å². The molecule has 2 unspecified atom stereocenters. The molecule has 4 rings (SSSR count). The SMILES string of the molecule is Cc1cnc(C(=O)N2CCCC(Oc3ncc(C(F)(F)F)cn3)C2C)c(-n2nccn2)c1. The van der Waals surface area contributed by atoms with Crippen LogP contribution in [0.15, 0.2) is 37.1 Å². The van der Waals surface area contributed by atoms with Crippen LogP contribution in [-0.2, 0) is 6.18 Å². The van der Waals surface area contributed by atoms with Crippen molar-refractivity contribution >= 4 is 5.91 Å². The Morgan fingerprint density at radius 1 is 1.12 bits per heavy atom. The summed E-state index contributed by atoms with van der Waals surface area (Å²) in [6, 6.07) is 1.22. The van der Waals surface area contributed by atoms with Gasteiger partial charge in [-0.05, 0) is 38.3 Å². The monoisotopic (exact) mass is 447 g/mol. The van der Waals surface area contributed by atoms with Crippen molar-refractivity contribution in [1.82, 2.24) is 34.8 Å². The molecule has 0 N–H and O–H groups in total. The molecule has 0 radical (unpaired) electrons. The average molecular weight is 447 g/mol. The fraction of sp³-hybridized carbons (Fsp3) is 0.400. The number of nitrogens with zero attached hydrogens (tertiary/aromatic N) is 7. The molecule has 9 nitrogen and oxygen atoms in total. The molecule has 0 saturated carbocycles. The highest BCUT2D eigenvalue weighted by molar-refractivity contribution is 5.96. The van der Waals surface area contributed by atoms with E-state index in [1.807, 2.05) is 13.8 Å². The Kier molecular flexibility index (Phi) is 5.76. The summed E-state index contributed by atoms with van der Waals surface area (Å²) in [4.78, 5) is 28.0. The van der Waals surface area contributed by atoms with Crippen molar-refractivity contribution in [2.75, 3.05) is 6.54 Å². The van der Waals surface area contributed by atoms with Gasteiger partial charge < -0.3 is 9.64 Å². The van der Waals surface area contributed by atoms with E-state index in [0.29, 0.717) is 37.5 Å². The molecule has 12 heteroatoms. The van der Waals surface area contributed by atoms with E-state index in [4.69, 9.17) is 4.74 Å². The van der Waals surface area contributed by atoms with E-state index in [1.54, 1.807) is 17.2 Å². The summed E-state index contributed by atoms with van der Waals surface area (Å²) in [5.41, 5.74) is 0.552. The van der Waals surface area contributed by atoms with E-state index >= 15 is 0 Å². The molecule has 1 amide bonds. The predicted octanol–water partition coefficient (Wildman–Crippen LogP) is 2.85. The van der Waals surface area contributed by atoms with E-state index in [2.05, 4.69) is 25.1 Å². The van der Waals surface area contributed by atoms with Crippen molar-refractivity contribution in [2.24, 2.45) is 0 Å². The van der Waals surface area contributed by atoms with Gasteiger partial charge in [-0.2, -0.15) is 23.4 Å². The van der Waals surface area contributed by atoms with Crippen LogP contribution in [-0.4, -0.2) is 59.4 Å². The van der Waals surface area contributed by atoms with Crippen LogP contribution >= 0.6 is 0 Å². The summed E-state index contributed by atoms with van der Waals surface area (Å²) < 4.78 is 43.9. The number of piperidine rings is 1. The quantitative estimate of drug-likeness (QED) is 0.606. The van der Waals surface area contributed by atoms with Gasteiger partial charge in [0.2, 0.25) is 0 Å². The Balaban J connectivity index is 1.54. The third kappa shape index (κ3) is 4.39. The summed E-state index contributed by atoms with van der Waals surface area (Å²) in [7, 11) is 0. The normalized spacial score (nSPS) is 19.1. The van der Waals surface area contributed by atoms with Crippen molar-refractivity contribution in [3.63, 3.8) is 0 Å². The molecule has 2 atom stereocenters. The number of amides is 1. The van der Waals surface area contributed by atoms with E-state index < -0.39 is 17.8 Å². The number of carbonyl (C=O) groups is 1. The van der Waals surface area contributed by atoms with E-state index in [9.17, 15) is 18.0 Å². The first kappa shape index (κ1) is 21.7. The summed E-state index contributed by atoms with van der Waals surface area (Å²) in [6.45, 7) is 4.15. The van der Waals surface area contributed by atoms with E-state index in [0.717, 1.165) is 5.56 Å². The van der Waals surface area contributed by atoms with Gasteiger partial charge in [-0.25, -0.2) is 15.0 Å². The van der Waals surface area contributed by atoms with Crippen molar-refractivity contribution in [1.29, 1.82) is 0 Å². The molecule has 3 aromatic rings. The van der Waals surface area contributed by atoms with Crippen LogP contribution in [0, 0.1) is 6.92 Å². The standard InChI is InChI=1S/C20H20F3N7O2/c1-12-8-15(30-27-5-6-28-30)17(24-9-12)18(31)29-7-3-4-16(13(29)2)32-19-25-10-14(11-26-19)20(21,22)23/h5-6,8-11,13,16H,3-4,7H2,1-2H3. The molecule has 0 spiro atoms. The molecular formula is C20H20F3N7O2. The zero-order valence-corrected chi connectivity index (χ0v) is 17.3. The Bertz CT molecular complexity index is 1090. The Hall–Kier alpha value is -3.57. The number of aryl methyl sites for hydroxylation is 1. The summed E-state index contributed by atoms with van der Waals surface area (Å²) in [5, 5.41) is 8.21. The first-order chi connectivity index (χ1) is 15.2. The fourth-order valence-electron chi connectivity index (χ4n) is 3.56. The maximum Gasteiger partial charge on any atom is 0.419 e. The number of pyridine rings is 1. The maximum atomic E-state index is 13.4. The van der Waals surface area contributed by atoms with Gasteiger partial charge >= 0.3 is 12.2 Å². The van der Waals surface area contributed by atoms with Gasteiger partial charge in [0.05, 0.1) is 24.0 Å². The highest BCUT2D eigenvalue weighted by Gasteiger charge is 2.36. The van der Waals surface area contributed by atoms with Gasteiger partial charge in [0.25, 0.3) is 5.91 Å². The second-order valence-electron chi connectivity index (χ2n) is 7.49. The molecular weight excluding hydrogens is 427 g/mol. The number of likely N-dealkylation sites (tertiary alicyclic amines) is 1. The molecule has 0 aliphatic carbocycles. The topological polar surface area (TPSA) is 98.9 Å². The van der Waals surface area contributed by atoms with Crippen molar-refractivity contribution in [3.8, 4) is 11.7 Å². The molecule has 4 heterocycles. The minimum Gasteiger partial charge on any atom is -0.458 e. The van der Waals surface area contributed by atoms with Gasteiger partial charge in [0.1, 0.15) is 11.8 Å². The first-order valence-corrected chi connectivity index (χ1v) is 9.94. The third-order valence-corrected chi connectivity index (χ3v) is 5.23. The Morgan fingerprint density at radius 2 is 1.81 bits per heavy atom. The third-order valence-electron chi connectivity index (χ3n) is 5.23. The first-order valence-electron chi connectivity index (χ1n) is 9.94. The van der Waals surface area contributed by atoms with Crippen LogP contribution < -0.4 is 4.74 Å². The number of aromatic nitrogens is 6. The van der Waals surface area contributed by atoms with Gasteiger partial charge in [-0.15, -0.1) is 4.80 Å². The number of halogens is 3. The number of carbonyl (C=O) groups excluding carboxylic acids is 1. The van der Waals surface area contributed by atoms with Crippen LogP contribution in [0.1, 0.15) is 41.4 Å². The summed E-state index contributed by atoms with van der Waals surface area (Å²) in [5.74, 6) is -0.313. The highest BCUT2D eigenvalue weighted by atomic mass is 19.4. The van der Waals surface area contributed by atoms with Gasteiger partial charge in [-0.3, -0.25) is 4.79 Å². The average Bonchev–Trinajstić information content (AvgIpc) is 3.29. The largest absolute Gasteiger partial charge is 0.458 e. The van der Waals surface area contributed by atoms with Crippen LogP contribution in [0.2, 0.25) is 0 Å².